The van der Waals surface area contributed by atoms with Gasteiger partial charge in [0.1, 0.15) is 5.82 Å². The zero-order valence-corrected chi connectivity index (χ0v) is 11.6. The molecule has 1 saturated heterocycles. The number of anilines is 1. The van der Waals surface area contributed by atoms with Crippen molar-refractivity contribution in [3.05, 3.63) is 23.9 Å². The molecule has 0 aromatic carbocycles. The maximum absolute atomic E-state index is 12.1. The van der Waals surface area contributed by atoms with Crippen molar-refractivity contribution in [3.63, 3.8) is 0 Å². The molecule has 104 valence electrons. The molecule has 1 fully saturated rings. The van der Waals surface area contributed by atoms with Crippen LogP contribution in [0, 0.1) is 6.92 Å². The van der Waals surface area contributed by atoms with Crippen molar-refractivity contribution in [1.82, 2.24) is 9.88 Å². The minimum Gasteiger partial charge on any atom is -0.375 e. The number of urea groups is 1. The molecular formula is C14H21N3O2. The number of amides is 2. The minimum absolute atomic E-state index is 0.0949. The van der Waals surface area contributed by atoms with Gasteiger partial charge in [-0.05, 0) is 25.5 Å². The molecule has 0 saturated carbocycles. The normalized spacial score (nSPS) is 19.3. The van der Waals surface area contributed by atoms with E-state index in [1.807, 2.05) is 19.1 Å². The van der Waals surface area contributed by atoms with Crippen molar-refractivity contribution in [3.8, 4) is 0 Å². The van der Waals surface area contributed by atoms with Crippen molar-refractivity contribution in [1.29, 1.82) is 0 Å². The van der Waals surface area contributed by atoms with Gasteiger partial charge in [0.15, 0.2) is 0 Å². The lowest BCUT2D eigenvalue weighted by molar-refractivity contribution is -0.0162. The van der Waals surface area contributed by atoms with E-state index in [0.29, 0.717) is 25.5 Å². The summed E-state index contributed by atoms with van der Waals surface area (Å²) in [6.45, 7) is 5.93. The number of nitrogens with one attached hydrogen (secondary N) is 1. The molecular weight excluding hydrogens is 242 g/mol. The summed E-state index contributed by atoms with van der Waals surface area (Å²) in [6.07, 6.45) is 2.22. The van der Waals surface area contributed by atoms with Crippen LogP contribution < -0.4 is 5.32 Å². The van der Waals surface area contributed by atoms with Crippen molar-refractivity contribution in [2.24, 2.45) is 0 Å². The Morgan fingerprint density at radius 2 is 2.42 bits per heavy atom. The minimum atomic E-state index is -0.0949. The predicted molar refractivity (Wildman–Crippen MR) is 74.2 cm³/mol. The van der Waals surface area contributed by atoms with E-state index in [-0.39, 0.29) is 12.1 Å². The third-order valence-electron chi connectivity index (χ3n) is 3.16. The van der Waals surface area contributed by atoms with E-state index in [2.05, 4.69) is 17.2 Å². The van der Waals surface area contributed by atoms with Crippen LogP contribution >= 0.6 is 0 Å². The molecule has 1 aromatic heterocycles. The summed E-state index contributed by atoms with van der Waals surface area (Å²) in [5.74, 6) is 0.600. The van der Waals surface area contributed by atoms with E-state index in [1.165, 1.54) is 0 Å². The van der Waals surface area contributed by atoms with Crippen LogP contribution in [0.15, 0.2) is 18.2 Å². The molecule has 1 N–H and O–H groups in total. The first-order chi connectivity index (χ1) is 9.19. The third kappa shape index (κ3) is 3.92. The van der Waals surface area contributed by atoms with Crippen LogP contribution in [0.1, 0.15) is 25.5 Å². The fourth-order valence-electron chi connectivity index (χ4n) is 2.20. The monoisotopic (exact) mass is 263 g/mol. The molecule has 5 nitrogen and oxygen atoms in total. The average molecular weight is 263 g/mol. The van der Waals surface area contributed by atoms with E-state index >= 15 is 0 Å². The van der Waals surface area contributed by atoms with Crippen LogP contribution in [0.4, 0.5) is 10.6 Å². The zero-order chi connectivity index (χ0) is 13.7. The highest BCUT2D eigenvalue weighted by molar-refractivity contribution is 5.88. The number of nitrogens with zero attached hydrogens (tertiary/aromatic N) is 2. The van der Waals surface area contributed by atoms with Crippen molar-refractivity contribution >= 4 is 11.8 Å². The smallest absolute Gasteiger partial charge is 0.323 e. The quantitative estimate of drug-likeness (QED) is 0.911. The Hall–Kier alpha value is -1.62. The second kappa shape index (κ2) is 6.52. The maximum atomic E-state index is 12.1. The molecule has 19 heavy (non-hydrogen) atoms. The molecule has 5 heteroatoms. The Labute approximate surface area is 114 Å². The number of carbonyl (C=O) groups excluding carboxylic acids is 1. The number of aromatic nitrogens is 1. The van der Waals surface area contributed by atoms with Crippen molar-refractivity contribution in [2.75, 3.05) is 25.0 Å². The SMILES string of the molecule is CCCC1CN(C(=O)Nc2cccc(C)n2)CCO1. The van der Waals surface area contributed by atoms with Gasteiger partial charge < -0.3 is 9.64 Å². The van der Waals surface area contributed by atoms with Crippen LogP contribution in [-0.4, -0.2) is 41.7 Å². The van der Waals surface area contributed by atoms with Gasteiger partial charge >= 0.3 is 6.03 Å². The summed E-state index contributed by atoms with van der Waals surface area (Å²) >= 11 is 0. The first-order valence-electron chi connectivity index (χ1n) is 6.80. The molecule has 2 rings (SSSR count). The molecule has 0 radical (unpaired) electrons. The van der Waals surface area contributed by atoms with Crippen LogP contribution in [-0.2, 0) is 4.74 Å². The number of pyridine rings is 1. The van der Waals surface area contributed by atoms with E-state index in [4.69, 9.17) is 4.74 Å². The Bertz CT molecular complexity index is 434. The van der Waals surface area contributed by atoms with Gasteiger partial charge in [-0.2, -0.15) is 0 Å². The first kappa shape index (κ1) is 13.8. The second-order valence-corrected chi connectivity index (χ2v) is 4.82. The highest BCUT2D eigenvalue weighted by Gasteiger charge is 2.23. The van der Waals surface area contributed by atoms with Gasteiger partial charge in [-0.3, -0.25) is 5.32 Å². The van der Waals surface area contributed by atoms with Gasteiger partial charge in [0.25, 0.3) is 0 Å². The molecule has 2 amide bonds. The molecule has 1 aliphatic heterocycles. The van der Waals surface area contributed by atoms with Crippen molar-refractivity contribution < 1.29 is 9.53 Å². The Kier molecular flexibility index (Phi) is 4.74. The summed E-state index contributed by atoms with van der Waals surface area (Å²) in [7, 11) is 0. The summed E-state index contributed by atoms with van der Waals surface area (Å²) < 4.78 is 5.63. The molecule has 2 heterocycles. The van der Waals surface area contributed by atoms with Gasteiger partial charge in [0.05, 0.1) is 12.7 Å². The Morgan fingerprint density at radius 3 is 3.16 bits per heavy atom. The molecule has 1 aliphatic rings. The van der Waals surface area contributed by atoms with Crippen LogP contribution in [0.25, 0.3) is 0 Å². The average Bonchev–Trinajstić information content (AvgIpc) is 2.39. The largest absolute Gasteiger partial charge is 0.375 e. The predicted octanol–water partition coefficient (Wildman–Crippen LogP) is 2.42. The van der Waals surface area contributed by atoms with E-state index in [1.54, 1.807) is 11.0 Å². The molecule has 1 unspecified atom stereocenters. The number of carbonyl (C=O) groups is 1. The van der Waals surface area contributed by atoms with Crippen LogP contribution in [0.2, 0.25) is 0 Å². The maximum Gasteiger partial charge on any atom is 0.323 e. The topological polar surface area (TPSA) is 54.5 Å². The summed E-state index contributed by atoms with van der Waals surface area (Å²) in [5, 5.41) is 2.84. The number of ether oxygens (including phenoxy) is 1. The number of rotatable bonds is 3. The van der Waals surface area contributed by atoms with E-state index in [9.17, 15) is 4.79 Å². The summed E-state index contributed by atoms with van der Waals surface area (Å²) in [4.78, 5) is 18.2. The second-order valence-electron chi connectivity index (χ2n) is 4.82. The summed E-state index contributed by atoms with van der Waals surface area (Å²) in [6, 6.07) is 5.50. The van der Waals surface area contributed by atoms with Crippen molar-refractivity contribution in [2.45, 2.75) is 32.8 Å². The van der Waals surface area contributed by atoms with Gasteiger partial charge in [-0.1, -0.05) is 19.4 Å². The lowest BCUT2D eigenvalue weighted by Gasteiger charge is -2.32. The van der Waals surface area contributed by atoms with E-state index in [0.717, 1.165) is 18.5 Å². The fourth-order valence-corrected chi connectivity index (χ4v) is 2.20. The molecule has 1 aromatic rings. The van der Waals surface area contributed by atoms with Gasteiger partial charge in [-0.25, -0.2) is 9.78 Å². The number of hydrogen-bond acceptors (Lipinski definition) is 3. The number of morpholine rings is 1. The zero-order valence-electron chi connectivity index (χ0n) is 11.6. The third-order valence-corrected chi connectivity index (χ3v) is 3.16. The molecule has 0 bridgehead atoms. The highest BCUT2D eigenvalue weighted by atomic mass is 16.5. The fraction of sp³-hybridized carbons (Fsp3) is 0.571. The molecule has 1 atom stereocenters. The summed E-state index contributed by atoms with van der Waals surface area (Å²) in [5.41, 5.74) is 0.892. The van der Waals surface area contributed by atoms with Crippen LogP contribution in [0.3, 0.4) is 0 Å². The highest BCUT2D eigenvalue weighted by Crippen LogP contribution is 2.12. The number of aryl methyl sites for hydroxylation is 1. The number of hydrogen-bond donors (Lipinski definition) is 1. The Balaban J connectivity index is 1.92. The standard InChI is InChI=1S/C14H21N3O2/c1-3-5-12-10-17(8-9-19-12)14(18)16-13-7-4-6-11(2)15-13/h4,6-7,12H,3,5,8-10H2,1-2H3,(H,15,16,18). The van der Waals surface area contributed by atoms with Gasteiger partial charge in [0.2, 0.25) is 0 Å². The first-order valence-corrected chi connectivity index (χ1v) is 6.80. The van der Waals surface area contributed by atoms with E-state index < -0.39 is 0 Å². The van der Waals surface area contributed by atoms with Gasteiger partial charge in [0, 0.05) is 18.8 Å². The van der Waals surface area contributed by atoms with Crippen LogP contribution in [0.5, 0.6) is 0 Å². The molecule has 0 aliphatic carbocycles. The Morgan fingerprint density at radius 1 is 1.58 bits per heavy atom. The lowest BCUT2D eigenvalue weighted by Crippen LogP contribution is -2.47. The lowest BCUT2D eigenvalue weighted by atomic mass is 10.2. The molecule has 0 spiro atoms. The van der Waals surface area contributed by atoms with Gasteiger partial charge in [-0.15, -0.1) is 0 Å².